The fourth-order valence-corrected chi connectivity index (χ4v) is 3.67. The topological polar surface area (TPSA) is 68.0 Å². The maximum absolute atomic E-state index is 12.2. The largest absolute Gasteiger partial charge is 0.398 e. The number of amides is 1. The molecule has 0 saturated heterocycles. The Morgan fingerprint density at radius 1 is 1.35 bits per heavy atom. The van der Waals surface area contributed by atoms with E-state index < -0.39 is 0 Å². The molecular weight excluding hydrogens is 338 g/mol. The number of hydrogen-bond donors (Lipinski definition) is 2. The number of nitrogens with zero attached hydrogens (tertiary/aromatic N) is 1. The number of rotatable bonds is 2. The van der Waals surface area contributed by atoms with Gasteiger partial charge in [-0.05, 0) is 59.8 Å². The number of nitrogen functional groups attached to an aromatic ring is 1. The van der Waals surface area contributed by atoms with Gasteiger partial charge >= 0.3 is 0 Å². The summed E-state index contributed by atoms with van der Waals surface area (Å²) in [6.07, 6.45) is 4.51. The Hall–Kier alpha value is -1.40. The molecule has 0 saturated carbocycles. The predicted molar refractivity (Wildman–Crippen MR) is 85.3 cm³/mol. The third kappa shape index (κ3) is 2.71. The number of anilines is 2. The van der Waals surface area contributed by atoms with Crippen LogP contribution in [0.25, 0.3) is 0 Å². The number of benzene rings is 1. The van der Waals surface area contributed by atoms with Crippen molar-refractivity contribution in [2.45, 2.75) is 25.7 Å². The van der Waals surface area contributed by atoms with E-state index in [1.165, 1.54) is 17.7 Å². The molecule has 3 N–H and O–H groups in total. The Morgan fingerprint density at radius 2 is 2.15 bits per heavy atom. The first-order valence-corrected chi connectivity index (χ1v) is 8.09. The maximum Gasteiger partial charge on any atom is 0.257 e. The summed E-state index contributed by atoms with van der Waals surface area (Å²) in [5.74, 6) is -0.156. The first-order chi connectivity index (χ1) is 9.63. The highest BCUT2D eigenvalue weighted by Crippen LogP contribution is 2.30. The minimum absolute atomic E-state index is 0.156. The molecule has 0 fully saturated rings. The van der Waals surface area contributed by atoms with Crippen LogP contribution in [0.3, 0.4) is 0 Å². The normalized spacial score (nSPS) is 13.8. The van der Waals surface area contributed by atoms with Crippen molar-refractivity contribution in [1.29, 1.82) is 0 Å². The molecule has 2 aromatic rings. The lowest BCUT2D eigenvalue weighted by Gasteiger charge is -2.06. The highest BCUT2D eigenvalue weighted by atomic mass is 79.9. The molecule has 0 unspecified atom stereocenters. The van der Waals surface area contributed by atoms with Crippen molar-refractivity contribution in [2.24, 2.45) is 0 Å². The smallest absolute Gasteiger partial charge is 0.257 e. The number of thiazole rings is 1. The number of halogens is 1. The van der Waals surface area contributed by atoms with Gasteiger partial charge in [-0.1, -0.05) is 0 Å². The van der Waals surface area contributed by atoms with Gasteiger partial charge < -0.3 is 5.73 Å². The zero-order valence-electron chi connectivity index (χ0n) is 10.8. The molecule has 0 bridgehead atoms. The van der Waals surface area contributed by atoms with E-state index in [9.17, 15) is 4.79 Å². The van der Waals surface area contributed by atoms with Gasteiger partial charge in [0.15, 0.2) is 5.13 Å². The number of hydrogen-bond acceptors (Lipinski definition) is 4. The van der Waals surface area contributed by atoms with Gasteiger partial charge in [-0.2, -0.15) is 0 Å². The van der Waals surface area contributed by atoms with Crippen LogP contribution in [0.2, 0.25) is 0 Å². The molecule has 0 radical (unpaired) electrons. The van der Waals surface area contributed by atoms with Crippen molar-refractivity contribution in [3.8, 4) is 0 Å². The molecule has 0 atom stereocenters. The molecule has 20 heavy (non-hydrogen) atoms. The van der Waals surface area contributed by atoms with E-state index in [4.69, 9.17) is 5.73 Å². The number of carbonyl (C=O) groups is 1. The standard InChI is InChI=1S/C14H14BrN3OS/c15-9-7-8(5-6-10(9)16)13(19)18-14-17-11-3-1-2-4-12(11)20-14/h5-7H,1-4,16H2,(H,17,18,19). The molecule has 1 amide bonds. The lowest BCUT2D eigenvalue weighted by Crippen LogP contribution is -2.12. The number of nitrogens with one attached hydrogen (secondary N) is 1. The van der Waals surface area contributed by atoms with E-state index in [1.807, 2.05) is 0 Å². The summed E-state index contributed by atoms with van der Waals surface area (Å²) in [5.41, 5.74) is 8.05. The minimum atomic E-state index is -0.156. The molecule has 1 aromatic heterocycles. The van der Waals surface area contributed by atoms with E-state index in [1.54, 1.807) is 29.5 Å². The number of carbonyl (C=O) groups excluding carboxylic acids is 1. The van der Waals surface area contributed by atoms with Crippen LogP contribution in [0, 0.1) is 0 Å². The van der Waals surface area contributed by atoms with Gasteiger partial charge in [0.05, 0.1) is 5.69 Å². The lowest BCUT2D eigenvalue weighted by molar-refractivity contribution is 0.102. The average molecular weight is 352 g/mol. The number of fused-ring (bicyclic) bond motifs is 1. The summed E-state index contributed by atoms with van der Waals surface area (Å²) in [5, 5.41) is 3.56. The monoisotopic (exact) mass is 351 g/mol. The Balaban J connectivity index is 1.78. The molecule has 104 valence electrons. The summed E-state index contributed by atoms with van der Waals surface area (Å²) in [6.45, 7) is 0. The third-order valence-electron chi connectivity index (χ3n) is 3.33. The lowest BCUT2D eigenvalue weighted by atomic mass is 10.0. The summed E-state index contributed by atoms with van der Waals surface area (Å²) in [7, 11) is 0. The first kappa shape index (κ1) is 13.6. The minimum Gasteiger partial charge on any atom is -0.398 e. The van der Waals surface area contributed by atoms with Crippen LogP contribution in [0.15, 0.2) is 22.7 Å². The fourth-order valence-electron chi connectivity index (χ4n) is 2.24. The second-order valence-electron chi connectivity index (χ2n) is 4.79. The summed E-state index contributed by atoms with van der Waals surface area (Å²) >= 11 is 4.91. The van der Waals surface area contributed by atoms with Crippen LogP contribution >= 0.6 is 27.3 Å². The van der Waals surface area contributed by atoms with Crippen molar-refractivity contribution in [3.05, 3.63) is 38.8 Å². The van der Waals surface area contributed by atoms with Gasteiger partial charge in [0.25, 0.3) is 5.91 Å². The van der Waals surface area contributed by atoms with Crippen LogP contribution in [0.1, 0.15) is 33.8 Å². The number of nitrogens with two attached hydrogens (primary N) is 1. The van der Waals surface area contributed by atoms with E-state index in [0.717, 1.165) is 23.0 Å². The van der Waals surface area contributed by atoms with Gasteiger partial charge in [0, 0.05) is 20.6 Å². The van der Waals surface area contributed by atoms with Crippen molar-refractivity contribution < 1.29 is 4.79 Å². The van der Waals surface area contributed by atoms with Crippen molar-refractivity contribution >= 4 is 44.0 Å². The van der Waals surface area contributed by atoms with E-state index >= 15 is 0 Å². The molecular formula is C14H14BrN3OS. The third-order valence-corrected chi connectivity index (χ3v) is 5.09. The highest BCUT2D eigenvalue weighted by molar-refractivity contribution is 9.10. The molecule has 0 spiro atoms. The Labute approximate surface area is 129 Å². The molecule has 4 nitrogen and oxygen atoms in total. The second-order valence-corrected chi connectivity index (χ2v) is 6.72. The zero-order valence-corrected chi connectivity index (χ0v) is 13.2. The Morgan fingerprint density at radius 3 is 2.90 bits per heavy atom. The Kier molecular flexibility index (Phi) is 3.76. The summed E-state index contributed by atoms with van der Waals surface area (Å²) in [6, 6.07) is 5.15. The molecule has 6 heteroatoms. The van der Waals surface area contributed by atoms with Crippen molar-refractivity contribution in [3.63, 3.8) is 0 Å². The highest BCUT2D eigenvalue weighted by Gasteiger charge is 2.17. The van der Waals surface area contributed by atoms with Crippen molar-refractivity contribution in [2.75, 3.05) is 11.1 Å². The van der Waals surface area contributed by atoms with Crippen LogP contribution in [-0.2, 0) is 12.8 Å². The van der Waals surface area contributed by atoms with Gasteiger partial charge in [-0.15, -0.1) is 11.3 Å². The molecule has 1 aliphatic carbocycles. The van der Waals surface area contributed by atoms with Crippen LogP contribution in [0.4, 0.5) is 10.8 Å². The predicted octanol–water partition coefficient (Wildman–Crippen LogP) is 3.62. The molecule has 1 aliphatic rings. The van der Waals surface area contributed by atoms with Gasteiger partial charge in [-0.3, -0.25) is 10.1 Å². The second kappa shape index (κ2) is 5.54. The summed E-state index contributed by atoms with van der Waals surface area (Å²) in [4.78, 5) is 18.0. The summed E-state index contributed by atoms with van der Waals surface area (Å²) < 4.78 is 0.726. The zero-order chi connectivity index (χ0) is 14.1. The van der Waals surface area contributed by atoms with Crippen molar-refractivity contribution in [1.82, 2.24) is 4.98 Å². The number of aryl methyl sites for hydroxylation is 2. The SMILES string of the molecule is Nc1ccc(C(=O)Nc2nc3c(s2)CCCC3)cc1Br. The van der Waals surface area contributed by atoms with Gasteiger partial charge in [-0.25, -0.2) is 4.98 Å². The Bertz CT molecular complexity index is 645. The van der Waals surface area contributed by atoms with Gasteiger partial charge in [0.2, 0.25) is 0 Å². The van der Waals surface area contributed by atoms with Gasteiger partial charge in [0.1, 0.15) is 0 Å². The average Bonchev–Trinajstić information content (AvgIpc) is 2.83. The molecule has 1 heterocycles. The molecule has 1 aromatic carbocycles. The van der Waals surface area contributed by atoms with E-state index in [0.29, 0.717) is 16.4 Å². The van der Waals surface area contributed by atoms with Crippen LogP contribution in [-0.4, -0.2) is 10.9 Å². The number of aromatic nitrogens is 1. The van der Waals surface area contributed by atoms with Crippen LogP contribution in [0.5, 0.6) is 0 Å². The van der Waals surface area contributed by atoms with E-state index in [2.05, 4.69) is 26.2 Å². The van der Waals surface area contributed by atoms with E-state index in [-0.39, 0.29) is 5.91 Å². The van der Waals surface area contributed by atoms with Crippen LogP contribution < -0.4 is 11.1 Å². The maximum atomic E-state index is 12.2. The first-order valence-electron chi connectivity index (χ1n) is 6.48. The fraction of sp³-hybridized carbons (Fsp3) is 0.286. The quantitative estimate of drug-likeness (QED) is 0.812. The molecule has 3 rings (SSSR count). The molecule has 0 aliphatic heterocycles.